The molecule has 9 heteroatoms. The van der Waals surface area contributed by atoms with E-state index in [0.717, 1.165) is 24.2 Å². The molecule has 2 saturated heterocycles. The van der Waals surface area contributed by atoms with Gasteiger partial charge in [0.05, 0.1) is 24.3 Å². The number of hydrazine groups is 1. The van der Waals surface area contributed by atoms with Crippen molar-refractivity contribution in [3.8, 4) is 6.07 Å². The molecule has 3 N–H and O–H groups in total. The lowest BCUT2D eigenvalue weighted by Crippen LogP contribution is -2.68. The predicted octanol–water partition coefficient (Wildman–Crippen LogP) is 1.57. The number of nitrogens with zero attached hydrogens (tertiary/aromatic N) is 4. The number of halogens is 1. The number of hydrogen-bond acceptors (Lipinski definition) is 7. The van der Waals surface area contributed by atoms with Crippen LogP contribution in [0.4, 0.5) is 4.39 Å². The van der Waals surface area contributed by atoms with E-state index in [9.17, 15) is 14.4 Å². The molecule has 1 aliphatic carbocycles. The third kappa shape index (κ3) is 3.47. The maximum Gasteiger partial charge on any atom is 0.230 e. The second kappa shape index (κ2) is 7.96. The third-order valence-electron chi connectivity index (χ3n) is 6.82. The summed E-state index contributed by atoms with van der Waals surface area (Å²) < 4.78 is 13.4. The number of benzene rings is 1. The van der Waals surface area contributed by atoms with Crippen molar-refractivity contribution in [1.82, 2.24) is 31.0 Å². The van der Waals surface area contributed by atoms with Crippen LogP contribution in [-0.4, -0.2) is 39.3 Å². The fraction of sp³-hybridized carbons (Fsp3) is 0.455. The first-order valence-electron chi connectivity index (χ1n) is 10.6. The van der Waals surface area contributed by atoms with Crippen molar-refractivity contribution in [3.05, 3.63) is 59.9 Å². The van der Waals surface area contributed by atoms with Crippen LogP contribution in [0.3, 0.4) is 0 Å². The summed E-state index contributed by atoms with van der Waals surface area (Å²) in [5.74, 6) is 0.174. The van der Waals surface area contributed by atoms with Crippen LogP contribution in [0.5, 0.6) is 0 Å². The molecule has 4 unspecified atom stereocenters. The van der Waals surface area contributed by atoms with Crippen LogP contribution in [0.25, 0.3) is 0 Å². The zero-order valence-electron chi connectivity index (χ0n) is 17.1. The summed E-state index contributed by atoms with van der Waals surface area (Å²) in [6, 6.07) is 9.49. The Balaban J connectivity index is 1.39. The monoisotopic (exact) mass is 421 g/mol. The number of fused-ring (bicyclic) bond motifs is 1. The van der Waals surface area contributed by atoms with Crippen LogP contribution in [0.2, 0.25) is 0 Å². The lowest BCUT2D eigenvalue weighted by molar-refractivity contribution is -0.132. The van der Waals surface area contributed by atoms with E-state index in [1.54, 1.807) is 30.6 Å². The Kier molecular flexibility index (Phi) is 5.14. The van der Waals surface area contributed by atoms with Gasteiger partial charge in [0.1, 0.15) is 17.7 Å². The van der Waals surface area contributed by atoms with Crippen LogP contribution in [0.15, 0.2) is 42.7 Å². The fourth-order valence-electron chi connectivity index (χ4n) is 4.97. The second-order valence-corrected chi connectivity index (χ2v) is 8.45. The van der Waals surface area contributed by atoms with Crippen molar-refractivity contribution in [3.63, 3.8) is 0 Å². The summed E-state index contributed by atoms with van der Waals surface area (Å²) in [5, 5.41) is 18.2. The highest BCUT2D eigenvalue weighted by molar-refractivity contribution is 5.82. The Morgan fingerprint density at radius 2 is 1.97 bits per heavy atom. The molecule has 5 rings (SSSR count). The molecule has 2 aromatic rings. The lowest BCUT2D eigenvalue weighted by atomic mass is 9.70. The molecule has 0 spiro atoms. The molecule has 1 aromatic heterocycles. The number of nitrogens with one attached hydrogen (secondary N) is 3. The Morgan fingerprint density at radius 1 is 1.23 bits per heavy atom. The quantitative estimate of drug-likeness (QED) is 0.688. The third-order valence-corrected chi connectivity index (χ3v) is 6.82. The standard InChI is InChI=1S/C22H24FN7O/c1-12(13-3-5-14(23)6-4-13)30-21-18(17(11-24)29-30)22(31)28-20(27-21)16-8-7-15(16)19-25-9-2-10-26-19/h2-6,9-10,12,15-18,20-21,27,29H,7-8H2,1H3,(H,28,31)/t12-,15-,16-,17?,18?,20?,21?/m1/s1. The molecule has 3 aliphatic rings. The van der Waals surface area contributed by atoms with Gasteiger partial charge >= 0.3 is 0 Å². The maximum absolute atomic E-state index is 13.4. The van der Waals surface area contributed by atoms with Crippen LogP contribution >= 0.6 is 0 Å². The molecule has 0 radical (unpaired) electrons. The number of nitriles is 1. The van der Waals surface area contributed by atoms with Gasteiger partial charge < -0.3 is 5.32 Å². The Hall–Kier alpha value is -2.93. The van der Waals surface area contributed by atoms with Crippen LogP contribution in [0, 0.1) is 29.0 Å². The highest BCUT2D eigenvalue weighted by Crippen LogP contribution is 2.44. The Labute approximate surface area is 179 Å². The molecule has 1 saturated carbocycles. The van der Waals surface area contributed by atoms with E-state index in [1.165, 1.54) is 12.1 Å². The summed E-state index contributed by atoms with van der Waals surface area (Å²) in [6.45, 7) is 1.98. The number of rotatable bonds is 4. The molecule has 2 aliphatic heterocycles. The molecule has 3 fully saturated rings. The van der Waals surface area contributed by atoms with Crippen molar-refractivity contribution in [2.24, 2.45) is 11.8 Å². The van der Waals surface area contributed by atoms with Crippen LogP contribution in [0.1, 0.15) is 43.1 Å². The van der Waals surface area contributed by atoms with Crippen molar-refractivity contribution >= 4 is 5.91 Å². The van der Waals surface area contributed by atoms with E-state index < -0.39 is 12.0 Å². The first-order valence-corrected chi connectivity index (χ1v) is 10.6. The number of aromatic nitrogens is 2. The smallest absolute Gasteiger partial charge is 0.230 e. The van der Waals surface area contributed by atoms with E-state index >= 15 is 0 Å². The van der Waals surface area contributed by atoms with Crippen molar-refractivity contribution in [1.29, 1.82) is 5.26 Å². The minimum absolute atomic E-state index is 0.138. The predicted molar refractivity (Wildman–Crippen MR) is 109 cm³/mol. The van der Waals surface area contributed by atoms with Gasteiger partial charge in [0.2, 0.25) is 5.91 Å². The number of hydrogen-bond donors (Lipinski definition) is 3. The minimum Gasteiger partial charge on any atom is -0.340 e. The molecule has 8 nitrogen and oxygen atoms in total. The number of amides is 1. The van der Waals surface area contributed by atoms with Gasteiger partial charge in [-0.1, -0.05) is 12.1 Å². The molecule has 1 aromatic carbocycles. The highest BCUT2D eigenvalue weighted by Gasteiger charge is 2.54. The highest BCUT2D eigenvalue weighted by atomic mass is 19.1. The van der Waals surface area contributed by atoms with E-state index in [-0.39, 0.29) is 41.9 Å². The summed E-state index contributed by atoms with van der Waals surface area (Å²) in [4.78, 5) is 21.8. The van der Waals surface area contributed by atoms with Gasteiger partial charge in [-0.05, 0) is 43.5 Å². The molecular weight excluding hydrogens is 397 g/mol. The van der Waals surface area contributed by atoms with Gasteiger partial charge in [-0.15, -0.1) is 0 Å². The Bertz CT molecular complexity index is 995. The molecule has 3 heterocycles. The molecule has 1 amide bonds. The van der Waals surface area contributed by atoms with Crippen LogP contribution in [-0.2, 0) is 4.79 Å². The summed E-state index contributed by atoms with van der Waals surface area (Å²) >= 11 is 0. The topological polar surface area (TPSA) is 106 Å². The van der Waals surface area contributed by atoms with Gasteiger partial charge in [0.15, 0.2) is 0 Å². The summed E-state index contributed by atoms with van der Waals surface area (Å²) in [5.41, 5.74) is 4.09. The lowest BCUT2D eigenvalue weighted by Gasteiger charge is -2.47. The maximum atomic E-state index is 13.4. The summed E-state index contributed by atoms with van der Waals surface area (Å²) in [7, 11) is 0. The minimum atomic E-state index is -0.643. The first-order chi connectivity index (χ1) is 15.1. The number of carbonyl (C=O) groups excluding carboxylic acids is 1. The van der Waals surface area contributed by atoms with Crippen molar-refractivity contribution in [2.75, 3.05) is 0 Å². The normalized spacial score (nSPS) is 33.6. The van der Waals surface area contributed by atoms with Gasteiger partial charge in [0.25, 0.3) is 0 Å². The van der Waals surface area contributed by atoms with Crippen molar-refractivity contribution < 1.29 is 9.18 Å². The Morgan fingerprint density at radius 3 is 2.61 bits per heavy atom. The molecule has 7 atom stereocenters. The average molecular weight is 421 g/mol. The zero-order chi connectivity index (χ0) is 21.5. The first kappa shape index (κ1) is 20.0. The van der Waals surface area contributed by atoms with Crippen LogP contribution < -0.4 is 16.1 Å². The molecule has 0 bridgehead atoms. The summed E-state index contributed by atoms with van der Waals surface area (Å²) in [6.07, 6.45) is 4.82. The van der Waals surface area contributed by atoms with E-state index in [2.05, 4.69) is 32.1 Å². The van der Waals surface area contributed by atoms with Gasteiger partial charge in [-0.2, -0.15) is 5.26 Å². The van der Waals surface area contributed by atoms with Gasteiger partial charge in [-0.25, -0.2) is 24.8 Å². The van der Waals surface area contributed by atoms with E-state index in [1.807, 2.05) is 11.9 Å². The van der Waals surface area contributed by atoms with E-state index in [4.69, 9.17) is 0 Å². The largest absolute Gasteiger partial charge is 0.340 e. The second-order valence-electron chi connectivity index (χ2n) is 8.45. The zero-order valence-corrected chi connectivity index (χ0v) is 17.1. The average Bonchev–Trinajstić information content (AvgIpc) is 3.13. The van der Waals surface area contributed by atoms with Crippen molar-refractivity contribution in [2.45, 2.75) is 50.1 Å². The SMILES string of the molecule is C[C@H](c1ccc(F)cc1)N1NC(C#N)C2C(=O)NC([C@@H]3CC[C@H]3c3ncccn3)NC21. The number of carbonyl (C=O) groups is 1. The van der Waals surface area contributed by atoms with Gasteiger partial charge in [-0.3, -0.25) is 10.1 Å². The molecular formula is C22H24FN7O. The van der Waals surface area contributed by atoms with Gasteiger partial charge in [0, 0.05) is 30.3 Å². The molecule has 160 valence electrons. The molecule has 31 heavy (non-hydrogen) atoms. The fourth-order valence-corrected chi connectivity index (χ4v) is 4.97. The van der Waals surface area contributed by atoms with E-state index in [0.29, 0.717) is 0 Å².